The Bertz CT molecular complexity index is 317. The Morgan fingerprint density at radius 2 is 2.36 bits per heavy atom. The molecule has 1 aromatic rings. The normalized spacial score (nSPS) is 10.5. The smallest absolute Gasteiger partial charge is 0.152 e. The molecular weight excluding hydrogens is 178 g/mol. The van der Waals surface area contributed by atoms with Crippen LogP contribution in [0.25, 0.3) is 0 Å². The molecule has 14 heavy (non-hydrogen) atoms. The zero-order valence-electron chi connectivity index (χ0n) is 9.00. The topological polar surface area (TPSA) is 46.9 Å². The van der Waals surface area contributed by atoms with Crippen LogP contribution in [-0.2, 0) is 17.8 Å². The third kappa shape index (κ3) is 2.67. The van der Waals surface area contributed by atoms with Crippen LogP contribution in [0.15, 0.2) is 6.07 Å². The van der Waals surface area contributed by atoms with Crippen molar-refractivity contribution in [1.82, 2.24) is 15.1 Å². The fourth-order valence-electron chi connectivity index (χ4n) is 1.48. The third-order valence-electron chi connectivity index (χ3n) is 2.04. The van der Waals surface area contributed by atoms with E-state index in [4.69, 9.17) is 0 Å². The highest BCUT2D eigenvalue weighted by molar-refractivity contribution is 5.82. The van der Waals surface area contributed by atoms with Crippen molar-refractivity contribution in [3.05, 3.63) is 17.5 Å². The van der Waals surface area contributed by atoms with Gasteiger partial charge in [0.2, 0.25) is 0 Å². The second kappa shape index (κ2) is 4.91. The number of nitrogens with one attached hydrogen (secondary N) is 1. The summed E-state index contributed by atoms with van der Waals surface area (Å²) in [6.45, 7) is 5.21. The van der Waals surface area contributed by atoms with E-state index in [-0.39, 0.29) is 5.78 Å². The van der Waals surface area contributed by atoms with Crippen LogP contribution in [0.1, 0.15) is 18.3 Å². The summed E-state index contributed by atoms with van der Waals surface area (Å²) in [5.41, 5.74) is 1.98. The standard InChI is InChI=1S/C10H17N3O/c1-4-13-9(5-8(2)12-13)6-10(14)7-11-3/h5,11H,4,6-7H2,1-3H3. The van der Waals surface area contributed by atoms with Gasteiger partial charge in [-0.05, 0) is 27.0 Å². The summed E-state index contributed by atoms with van der Waals surface area (Å²) in [6.07, 6.45) is 0.468. The van der Waals surface area contributed by atoms with Gasteiger partial charge in [-0.25, -0.2) is 0 Å². The van der Waals surface area contributed by atoms with Crippen LogP contribution in [0.4, 0.5) is 0 Å². The molecule has 1 aromatic heterocycles. The van der Waals surface area contributed by atoms with Crippen molar-refractivity contribution >= 4 is 5.78 Å². The second-order valence-corrected chi connectivity index (χ2v) is 3.34. The molecule has 0 spiro atoms. The van der Waals surface area contributed by atoms with Gasteiger partial charge in [-0.2, -0.15) is 5.10 Å². The number of aryl methyl sites for hydroxylation is 2. The van der Waals surface area contributed by atoms with Crippen LogP contribution < -0.4 is 5.32 Å². The molecule has 78 valence electrons. The molecule has 0 radical (unpaired) electrons. The van der Waals surface area contributed by atoms with Crippen molar-refractivity contribution in [2.24, 2.45) is 0 Å². The molecule has 0 fully saturated rings. The number of carbonyl (C=O) groups is 1. The highest BCUT2D eigenvalue weighted by Gasteiger charge is 2.08. The van der Waals surface area contributed by atoms with Crippen molar-refractivity contribution in [2.75, 3.05) is 13.6 Å². The van der Waals surface area contributed by atoms with Gasteiger partial charge in [-0.3, -0.25) is 9.48 Å². The summed E-state index contributed by atoms with van der Waals surface area (Å²) in [7, 11) is 1.78. The Labute approximate surface area is 84.3 Å². The van der Waals surface area contributed by atoms with E-state index in [1.54, 1.807) is 7.05 Å². The summed E-state index contributed by atoms with van der Waals surface area (Å²) in [5.74, 6) is 0.196. The maximum atomic E-state index is 11.4. The maximum absolute atomic E-state index is 11.4. The molecule has 0 saturated heterocycles. The molecule has 4 nitrogen and oxygen atoms in total. The summed E-state index contributed by atoms with van der Waals surface area (Å²) in [5, 5.41) is 7.14. The van der Waals surface area contributed by atoms with Gasteiger partial charge in [0.05, 0.1) is 12.2 Å². The monoisotopic (exact) mass is 195 g/mol. The van der Waals surface area contributed by atoms with Crippen LogP contribution >= 0.6 is 0 Å². The number of likely N-dealkylation sites (N-methyl/N-ethyl adjacent to an activating group) is 1. The molecule has 0 atom stereocenters. The summed E-state index contributed by atoms with van der Waals surface area (Å²) in [4.78, 5) is 11.4. The predicted molar refractivity (Wildman–Crippen MR) is 55.3 cm³/mol. The number of rotatable bonds is 5. The maximum Gasteiger partial charge on any atom is 0.152 e. The lowest BCUT2D eigenvalue weighted by atomic mass is 10.2. The highest BCUT2D eigenvalue weighted by atomic mass is 16.1. The van der Waals surface area contributed by atoms with E-state index in [0.717, 1.165) is 17.9 Å². The molecule has 4 heteroatoms. The van der Waals surface area contributed by atoms with E-state index in [1.165, 1.54) is 0 Å². The van der Waals surface area contributed by atoms with Gasteiger partial charge in [-0.1, -0.05) is 0 Å². The van der Waals surface area contributed by atoms with Crippen molar-refractivity contribution < 1.29 is 4.79 Å². The minimum absolute atomic E-state index is 0.196. The average Bonchev–Trinajstić information content (AvgIpc) is 2.46. The van der Waals surface area contributed by atoms with Crippen LogP contribution in [0, 0.1) is 6.92 Å². The largest absolute Gasteiger partial charge is 0.313 e. The van der Waals surface area contributed by atoms with Gasteiger partial charge in [-0.15, -0.1) is 0 Å². The zero-order chi connectivity index (χ0) is 10.6. The van der Waals surface area contributed by atoms with Gasteiger partial charge in [0.15, 0.2) is 5.78 Å². The first kappa shape index (κ1) is 10.9. The molecular formula is C10H17N3O. The van der Waals surface area contributed by atoms with Crippen LogP contribution in [0.5, 0.6) is 0 Å². The van der Waals surface area contributed by atoms with E-state index in [0.29, 0.717) is 13.0 Å². The van der Waals surface area contributed by atoms with E-state index in [2.05, 4.69) is 10.4 Å². The third-order valence-corrected chi connectivity index (χ3v) is 2.04. The molecule has 0 saturated carbocycles. The van der Waals surface area contributed by atoms with Crippen LogP contribution in [0.2, 0.25) is 0 Å². The van der Waals surface area contributed by atoms with Crippen molar-refractivity contribution in [3.63, 3.8) is 0 Å². The molecule has 0 bridgehead atoms. The van der Waals surface area contributed by atoms with E-state index in [9.17, 15) is 4.79 Å². The fraction of sp³-hybridized carbons (Fsp3) is 0.600. The predicted octanol–water partition coefficient (Wildman–Crippen LogP) is 0.542. The molecule has 1 heterocycles. The number of ketones is 1. The highest BCUT2D eigenvalue weighted by Crippen LogP contribution is 2.04. The number of hydrogen-bond donors (Lipinski definition) is 1. The summed E-state index contributed by atoms with van der Waals surface area (Å²) in [6, 6.07) is 1.97. The molecule has 0 aliphatic rings. The number of nitrogens with zero attached hydrogens (tertiary/aromatic N) is 2. The zero-order valence-corrected chi connectivity index (χ0v) is 9.00. The lowest BCUT2D eigenvalue weighted by molar-refractivity contribution is -0.117. The van der Waals surface area contributed by atoms with E-state index >= 15 is 0 Å². The quantitative estimate of drug-likeness (QED) is 0.746. The SMILES string of the molecule is CCn1nc(C)cc1CC(=O)CNC. The number of Topliss-reactive ketones (excluding diaryl/α,β-unsaturated/α-hetero) is 1. The Morgan fingerprint density at radius 1 is 1.64 bits per heavy atom. The number of hydrogen-bond acceptors (Lipinski definition) is 3. The molecule has 0 amide bonds. The van der Waals surface area contributed by atoms with Crippen LogP contribution in [-0.4, -0.2) is 29.2 Å². The fourth-order valence-corrected chi connectivity index (χ4v) is 1.48. The molecule has 1 rings (SSSR count). The Kier molecular flexibility index (Phi) is 3.83. The van der Waals surface area contributed by atoms with Gasteiger partial charge in [0, 0.05) is 18.7 Å². The molecule has 0 unspecified atom stereocenters. The first-order valence-corrected chi connectivity index (χ1v) is 4.87. The Morgan fingerprint density at radius 3 is 2.93 bits per heavy atom. The first-order chi connectivity index (χ1) is 6.67. The number of carbonyl (C=O) groups excluding carboxylic acids is 1. The van der Waals surface area contributed by atoms with Crippen molar-refractivity contribution in [3.8, 4) is 0 Å². The molecule has 1 N–H and O–H groups in total. The van der Waals surface area contributed by atoms with Crippen molar-refractivity contribution in [2.45, 2.75) is 26.8 Å². The number of aromatic nitrogens is 2. The Balaban J connectivity index is 2.70. The molecule has 0 aliphatic heterocycles. The lowest BCUT2D eigenvalue weighted by Crippen LogP contribution is -2.21. The molecule has 0 aliphatic carbocycles. The second-order valence-electron chi connectivity index (χ2n) is 3.34. The van der Waals surface area contributed by atoms with E-state index < -0.39 is 0 Å². The first-order valence-electron chi connectivity index (χ1n) is 4.87. The van der Waals surface area contributed by atoms with Gasteiger partial charge in [0.25, 0.3) is 0 Å². The summed E-state index contributed by atoms with van der Waals surface area (Å²) < 4.78 is 1.88. The average molecular weight is 195 g/mol. The minimum atomic E-state index is 0.196. The Hall–Kier alpha value is -1.16. The lowest BCUT2D eigenvalue weighted by Gasteiger charge is -2.03. The van der Waals surface area contributed by atoms with Crippen molar-refractivity contribution in [1.29, 1.82) is 0 Å². The molecule has 0 aromatic carbocycles. The van der Waals surface area contributed by atoms with Crippen LogP contribution in [0.3, 0.4) is 0 Å². The summed E-state index contributed by atoms with van der Waals surface area (Å²) >= 11 is 0. The van der Waals surface area contributed by atoms with Gasteiger partial charge < -0.3 is 5.32 Å². The van der Waals surface area contributed by atoms with E-state index in [1.807, 2.05) is 24.6 Å². The van der Waals surface area contributed by atoms with Gasteiger partial charge in [0.1, 0.15) is 0 Å². The minimum Gasteiger partial charge on any atom is -0.313 e. The van der Waals surface area contributed by atoms with Gasteiger partial charge >= 0.3 is 0 Å².